The van der Waals surface area contributed by atoms with Crippen molar-refractivity contribution in [1.29, 1.82) is 0 Å². The Morgan fingerprint density at radius 1 is 1.18 bits per heavy atom. The average molecular weight is 405 g/mol. The molecule has 28 heavy (non-hydrogen) atoms. The fourth-order valence-electron chi connectivity index (χ4n) is 4.64. The van der Waals surface area contributed by atoms with Gasteiger partial charge in [-0.05, 0) is 56.0 Å². The van der Waals surface area contributed by atoms with Crippen molar-refractivity contribution < 1.29 is 9.59 Å². The zero-order valence-corrected chi connectivity index (χ0v) is 17.7. The Balaban J connectivity index is 1.24. The van der Waals surface area contributed by atoms with Crippen LogP contribution in [0.3, 0.4) is 0 Å². The predicted molar refractivity (Wildman–Crippen MR) is 111 cm³/mol. The van der Waals surface area contributed by atoms with Crippen LogP contribution in [-0.2, 0) is 17.8 Å². The van der Waals surface area contributed by atoms with Crippen LogP contribution in [0.1, 0.15) is 43.0 Å². The molecule has 3 aliphatic heterocycles. The van der Waals surface area contributed by atoms with Gasteiger partial charge in [-0.25, -0.2) is 4.79 Å². The maximum Gasteiger partial charge on any atom is 0.320 e. The molecular weight excluding hydrogens is 372 g/mol. The third-order valence-corrected chi connectivity index (χ3v) is 7.49. The van der Waals surface area contributed by atoms with E-state index in [2.05, 4.69) is 28.6 Å². The molecule has 4 heterocycles. The van der Waals surface area contributed by atoms with Crippen LogP contribution in [0.2, 0.25) is 0 Å². The zero-order valence-electron chi connectivity index (χ0n) is 16.9. The van der Waals surface area contributed by atoms with E-state index in [4.69, 9.17) is 0 Å². The first-order chi connectivity index (χ1) is 13.6. The lowest BCUT2D eigenvalue weighted by molar-refractivity contribution is -0.126. The summed E-state index contributed by atoms with van der Waals surface area (Å²) >= 11 is 1.86. The summed E-state index contributed by atoms with van der Waals surface area (Å²) in [7, 11) is 0. The predicted octanol–water partition coefficient (Wildman–Crippen LogP) is 2.54. The first-order valence-electron chi connectivity index (χ1n) is 10.7. The van der Waals surface area contributed by atoms with Gasteiger partial charge in [-0.2, -0.15) is 0 Å². The Labute approximate surface area is 171 Å². The van der Waals surface area contributed by atoms with E-state index in [0.29, 0.717) is 19.1 Å². The molecule has 4 rings (SSSR count). The third kappa shape index (κ3) is 4.35. The summed E-state index contributed by atoms with van der Waals surface area (Å²) in [5.41, 5.74) is 1.44. The number of hydrogen-bond donors (Lipinski definition) is 1. The van der Waals surface area contributed by atoms with Crippen molar-refractivity contribution in [2.24, 2.45) is 5.92 Å². The van der Waals surface area contributed by atoms with Crippen molar-refractivity contribution in [3.05, 3.63) is 21.9 Å². The molecule has 0 aliphatic carbocycles. The number of thiophene rings is 1. The summed E-state index contributed by atoms with van der Waals surface area (Å²) in [6.07, 6.45) is 5.11. The van der Waals surface area contributed by atoms with Crippen molar-refractivity contribution in [3.63, 3.8) is 0 Å². The monoisotopic (exact) mass is 404 g/mol. The summed E-state index contributed by atoms with van der Waals surface area (Å²) in [6, 6.07) is 2.68. The standard InChI is InChI=1S/C21H32N4O2S/c1-16(24-11-6-19-17(14-24)7-12-28-19)13-22-20(26)18-5-4-10-25(15-18)21(27)23-8-2-3-9-23/h7,12,16,18H,2-6,8-11,13-15H2,1H3,(H,22,26)/t16-,18+/m1/s1. The topological polar surface area (TPSA) is 55.9 Å². The van der Waals surface area contributed by atoms with Gasteiger partial charge in [0.05, 0.1) is 5.92 Å². The SMILES string of the molecule is C[C@H](CNC(=O)[C@H]1CCCN(C(=O)N2CCCC2)C1)N1CCc2sccc2C1. The van der Waals surface area contributed by atoms with Gasteiger partial charge in [-0.1, -0.05) is 0 Å². The van der Waals surface area contributed by atoms with Crippen LogP contribution in [0, 0.1) is 5.92 Å². The fraction of sp³-hybridized carbons (Fsp3) is 0.714. The van der Waals surface area contributed by atoms with E-state index >= 15 is 0 Å². The summed E-state index contributed by atoms with van der Waals surface area (Å²) in [6.45, 7) is 8.00. The highest BCUT2D eigenvalue weighted by Gasteiger charge is 2.32. The lowest BCUT2D eigenvalue weighted by atomic mass is 9.97. The number of nitrogens with zero attached hydrogens (tertiary/aromatic N) is 3. The van der Waals surface area contributed by atoms with E-state index in [-0.39, 0.29) is 17.9 Å². The molecule has 0 bridgehead atoms. The van der Waals surface area contributed by atoms with Gasteiger partial charge in [0.25, 0.3) is 0 Å². The van der Waals surface area contributed by atoms with Gasteiger partial charge in [0.1, 0.15) is 0 Å². The Morgan fingerprint density at radius 3 is 2.79 bits per heavy atom. The van der Waals surface area contributed by atoms with E-state index in [0.717, 1.165) is 64.8 Å². The molecule has 2 fully saturated rings. The van der Waals surface area contributed by atoms with E-state index in [1.165, 1.54) is 10.4 Å². The summed E-state index contributed by atoms with van der Waals surface area (Å²) in [4.78, 5) is 33.2. The average Bonchev–Trinajstić information content (AvgIpc) is 3.42. The highest BCUT2D eigenvalue weighted by molar-refractivity contribution is 7.10. The van der Waals surface area contributed by atoms with Gasteiger partial charge < -0.3 is 15.1 Å². The highest BCUT2D eigenvalue weighted by atomic mass is 32.1. The largest absolute Gasteiger partial charge is 0.354 e. The Bertz CT molecular complexity index is 700. The molecule has 1 aromatic rings. The molecule has 154 valence electrons. The van der Waals surface area contributed by atoms with E-state index < -0.39 is 0 Å². The molecule has 0 unspecified atom stereocenters. The van der Waals surface area contributed by atoms with Gasteiger partial charge in [0.15, 0.2) is 0 Å². The van der Waals surface area contributed by atoms with Crippen LogP contribution in [0.15, 0.2) is 11.4 Å². The van der Waals surface area contributed by atoms with Crippen LogP contribution in [0.5, 0.6) is 0 Å². The second-order valence-electron chi connectivity index (χ2n) is 8.45. The lowest BCUT2D eigenvalue weighted by Crippen LogP contribution is -2.51. The second kappa shape index (κ2) is 8.82. The smallest absolute Gasteiger partial charge is 0.320 e. The quantitative estimate of drug-likeness (QED) is 0.839. The fourth-order valence-corrected chi connectivity index (χ4v) is 5.53. The number of hydrogen-bond acceptors (Lipinski definition) is 4. The molecule has 1 N–H and O–H groups in total. The molecule has 2 atom stereocenters. The number of rotatable bonds is 4. The van der Waals surface area contributed by atoms with Crippen molar-refractivity contribution in [1.82, 2.24) is 20.0 Å². The number of carbonyl (C=O) groups excluding carboxylic acids is 2. The van der Waals surface area contributed by atoms with Crippen molar-refractivity contribution in [2.45, 2.75) is 51.6 Å². The van der Waals surface area contributed by atoms with Gasteiger partial charge in [0, 0.05) is 56.7 Å². The summed E-state index contributed by atoms with van der Waals surface area (Å²) < 4.78 is 0. The van der Waals surface area contributed by atoms with Gasteiger partial charge in [-0.15, -0.1) is 11.3 Å². The van der Waals surface area contributed by atoms with Crippen molar-refractivity contribution >= 4 is 23.3 Å². The minimum atomic E-state index is -0.0719. The molecule has 7 heteroatoms. The van der Waals surface area contributed by atoms with E-state index in [9.17, 15) is 9.59 Å². The normalized spacial score (nSPS) is 24.1. The maximum atomic E-state index is 12.8. The second-order valence-corrected chi connectivity index (χ2v) is 9.45. The first-order valence-corrected chi connectivity index (χ1v) is 11.6. The molecule has 0 aromatic carbocycles. The summed E-state index contributed by atoms with van der Waals surface area (Å²) in [5.74, 6) is 0.0383. The van der Waals surface area contributed by atoms with Gasteiger partial charge in [0.2, 0.25) is 5.91 Å². The van der Waals surface area contributed by atoms with Crippen LogP contribution >= 0.6 is 11.3 Å². The van der Waals surface area contributed by atoms with Crippen LogP contribution in [0.4, 0.5) is 4.79 Å². The number of likely N-dealkylation sites (tertiary alicyclic amines) is 2. The molecule has 0 spiro atoms. The van der Waals surface area contributed by atoms with E-state index in [1.807, 2.05) is 21.1 Å². The molecule has 3 aliphatic rings. The number of nitrogens with one attached hydrogen (secondary N) is 1. The number of amides is 3. The maximum absolute atomic E-state index is 12.8. The molecule has 1 aromatic heterocycles. The van der Waals surface area contributed by atoms with Crippen LogP contribution < -0.4 is 5.32 Å². The minimum absolute atomic E-state index is 0.0719. The Morgan fingerprint density at radius 2 is 1.96 bits per heavy atom. The zero-order chi connectivity index (χ0) is 19.5. The van der Waals surface area contributed by atoms with Gasteiger partial charge in [-0.3, -0.25) is 9.69 Å². The van der Waals surface area contributed by atoms with Crippen LogP contribution in [0.25, 0.3) is 0 Å². The lowest BCUT2D eigenvalue weighted by Gasteiger charge is -2.35. The molecule has 3 amide bonds. The van der Waals surface area contributed by atoms with Crippen molar-refractivity contribution in [3.8, 4) is 0 Å². The summed E-state index contributed by atoms with van der Waals surface area (Å²) in [5, 5.41) is 5.35. The van der Waals surface area contributed by atoms with Gasteiger partial charge >= 0.3 is 6.03 Å². The van der Waals surface area contributed by atoms with E-state index in [1.54, 1.807) is 0 Å². The number of urea groups is 1. The molecule has 0 radical (unpaired) electrons. The third-order valence-electron chi connectivity index (χ3n) is 6.47. The number of carbonyl (C=O) groups is 2. The minimum Gasteiger partial charge on any atom is -0.354 e. The van der Waals surface area contributed by atoms with Crippen molar-refractivity contribution in [2.75, 3.05) is 39.3 Å². The number of piperidine rings is 1. The Hall–Kier alpha value is -1.60. The Kier molecular flexibility index (Phi) is 6.21. The first kappa shape index (κ1) is 19.7. The molecular formula is C21H32N4O2S. The molecule has 0 saturated carbocycles. The van der Waals surface area contributed by atoms with Crippen LogP contribution in [-0.4, -0.2) is 71.9 Å². The highest BCUT2D eigenvalue weighted by Crippen LogP contribution is 2.25. The molecule has 2 saturated heterocycles. The number of fused-ring (bicyclic) bond motifs is 1. The molecule has 6 nitrogen and oxygen atoms in total.